The van der Waals surface area contributed by atoms with Gasteiger partial charge >= 0.3 is 0 Å². The number of hydrogen-bond donors (Lipinski definition) is 1. The molecule has 0 saturated carbocycles. The van der Waals surface area contributed by atoms with Crippen LogP contribution >= 0.6 is 0 Å². The zero-order chi connectivity index (χ0) is 20.0. The zero-order valence-corrected chi connectivity index (χ0v) is 16.4. The fourth-order valence-electron chi connectivity index (χ4n) is 4.32. The Morgan fingerprint density at radius 1 is 1.24 bits per heavy atom. The van der Waals surface area contributed by atoms with Crippen LogP contribution in [0, 0.1) is 6.92 Å². The number of ketones is 1. The first-order valence-corrected chi connectivity index (χ1v) is 9.87. The van der Waals surface area contributed by atoms with Crippen molar-refractivity contribution in [3.63, 3.8) is 0 Å². The monoisotopic (exact) mass is 390 g/mol. The minimum atomic E-state index is -0.366. The van der Waals surface area contributed by atoms with Crippen molar-refractivity contribution in [3.05, 3.63) is 71.1 Å². The molecule has 7 heteroatoms. The van der Waals surface area contributed by atoms with Crippen molar-refractivity contribution in [1.29, 1.82) is 0 Å². The second-order valence-electron chi connectivity index (χ2n) is 7.36. The molecule has 2 aliphatic rings. The van der Waals surface area contributed by atoms with E-state index in [2.05, 4.69) is 15.4 Å². The van der Waals surface area contributed by atoms with Crippen LogP contribution < -0.4 is 10.1 Å². The number of nitrogens with one attached hydrogen (secondary N) is 1. The summed E-state index contributed by atoms with van der Waals surface area (Å²) in [5, 5.41) is 7.95. The van der Waals surface area contributed by atoms with Gasteiger partial charge in [0.15, 0.2) is 5.78 Å². The van der Waals surface area contributed by atoms with Gasteiger partial charge in [-0.1, -0.05) is 18.2 Å². The van der Waals surface area contributed by atoms with Gasteiger partial charge in [0.2, 0.25) is 5.95 Å². The number of hydrogen-bond acceptors (Lipinski definition) is 6. The number of aromatic nitrogens is 3. The topological polar surface area (TPSA) is 82.2 Å². The van der Waals surface area contributed by atoms with Crippen LogP contribution in [0.25, 0.3) is 0 Å². The second-order valence-corrected chi connectivity index (χ2v) is 7.36. The number of aryl methyl sites for hydroxylation is 1. The number of rotatable bonds is 4. The molecule has 0 bridgehead atoms. The molecule has 7 nitrogen and oxygen atoms in total. The molecule has 1 aliphatic heterocycles. The van der Waals surface area contributed by atoms with Crippen LogP contribution in [0.5, 0.6) is 5.75 Å². The highest BCUT2D eigenvalue weighted by Crippen LogP contribution is 2.45. The molecule has 0 fully saturated rings. The smallest absolute Gasteiger partial charge is 0.226 e. The summed E-state index contributed by atoms with van der Waals surface area (Å²) in [7, 11) is 0. The van der Waals surface area contributed by atoms with Crippen molar-refractivity contribution in [3.8, 4) is 5.75 Å². The lowest BCUT2D eigenvalue weighted by molar-refractivity contribution is -0.117. The summed E-state index contributed by atoms with van der Waals surface area (Å²) in [6, 6.07) is 11.3. The number of carbonyl (C=O) groups is 1. The molecule has 0 spiro atoms. The Kier molecular flexibility index (Phi) is 4.23. The number of Topliss-reactive ketones (excluding diaryl/α,β-unsaturated/α-hetero) is 1. The maximum atomic E-state index is 13.4. The van der Waals surface area contributed by atoms with Gasteiger partial charge in [0.1, 0.15) is 23.4 Å². The minimum absolute atomic E-state index is 0.0158. The number of anilines is 1. The van der Waals surface area contributed by atoms with Crippen LogP contribution in [-0.2, 0) is 4.79 Å². The summed E-state index contributed by atoms with van der Waals surface area (Å²) >= 11 is 0. The minimum Gasteiger partial charge on any atom is -0.494 e. The van der Waals surface area contributed by atoms with Gasteiger partial charge in [0.05, 0.1) is 12.9 Å². The van der Waals surface area contributed by atoms with E-state index in [0.717, 1.165) is 28.3 Å². The number of furan rings is 1. The van der Waals surface area contributed by atoms with Gasteiger partial charge in [-0.15, -0.1) is 0 Å². The summed E-state index contributed by atoms with van der Waals surface area (Å²) in [5.41, 5.74) is 2.54. The molecule has 1 aliphatic carbocycles. The molecule has 5 rings (SSSR count). The molecule has 1 N–H and O–H groups in total. The van der Waals surface area contributed by atoms with Crippen LogP contribution in [0.2, 0.25) is 0 Å². The SMILES string of the molecule is CCOc1ccccc1[C@H]1C2=C(C[C@@H](c3ccco3)CC2=O)Nc2nc(C)nn21. The molecule has 0 saturated heterocycles. The van der Waals surface area contributed by atoms with Crippen molar-refractivity contribution in [2.75, 3.05) is 11.9 Å². The Balaban J connectivity index is 1.65. The average molecular weight is 390 g/mol. The van der Waals surface area contributed by atoms with E-state index in [9.17, 15) is 4.79 Å². The van der Waals surface area contributed by atoms with E-state index in [1.807, 2.05) is 50.2 Å². The molecular formula is C22H22N4O3. The summed E-state index contributed by atoms with van der Waals surface area (Å²) in [4.78, 5) is 17.9. The number of fused-ring (bicyclic) bond motifs is 1. The number of benzene rings is 1. The Morgan fingerprint density at radius 2 is 2.10 bits per heavy atom. The highest BCUT2D eigenvalue weighted by atomic mass is 16.5. The van der Waals surface area contributed by atoms with Crippen LogP contribution in [-0.4, -0.2) is 27.2 Å². The van der Waals surface area contributed by atoms with Crippen molar-refractivity contribution in [1.82, 2.24) is 14.8 Å². The Morgan fingerprint density at radius 3 is 2.90 bits per heavy atom. The van der Waals surface area contributed by atoms with E-state index < -0.39 is 0 Å². The van der Waals surface area contributed by atoms with Gasteiger partial charge in [0, 0.05) is 29.2 Å². The lowest BCUT2D eigenvalue weighted by atomic mass is 9.79. The molecule has 29 heavy (non-hydrogen) atoms. The van der Waals surface area contributed by atoms with Gasteiger partial charge in [-0.05, 0) is 38.5 Å². The van der Waals surface area contributed by atoms with Gasteiger partial charge in [-0.25, -0.2) is 4.68 Å². The average Bonchev–Trinajstić information content (AvgIpc) is 3.36. The molecule has 2 aromatic heterocycles. The van der Waals surface area contributed by atoms with Crippen molar-refractivity contribution in [2.45, 2.75) is 38.6 Å². The van der Waals surface area contributed by atoms with Gasteiger partial charge in [0.25, 0.3) is 0 Å². The van der Waals surface area contributed by atoms with Crippen LogP contribution in [0.15, 0.2) is 58.3 Å². The third-order valence-electron chi connectivity index (χ3n) is 5.48. The highest BCUT2D eigenvalue weighted by molar-refractivity contribution is 6.00. The van der Waals surface area contributed by atoms with Crippen molar-refractivity contribution < 1.29 is 13.9 Å². The lowest BCUT2D eigenvalue weighted by Gasteiger charge is -2.35. The Bertz CT molecular complexity index is 1100. The van der Waals surface area contributed by atoms with Crippen molar-refractivity contribution >= 4 is 11.7 Å². The fraction of sp³-hybridized carbons (Fsp3) is 0.318. The Labute approximate surface area is 168 Å². The molecule has 148 valence electrons. The molecule has 0 unspecified atom stereocenters. The van der Waals surface area contributed by atoms with E-state index in [0.29, 0.717) is 31.2 Å². The predicted octanol–water partition coefficient (Wildman–Crippen LogP) is 3.99. The number of allylic oxidation sites excluding steroid dienone is 2. The summed E-state index contributed by atoms with van der Waals surface area (Å²) < 4.78 is 13.3. The van der Waals surface area contributed by atoms with Gasteiger partial charge in [-0.3, -0.25) is 4.79 Å². The first-order chi connectivity index (χ1) is 14.2. The van der Waals surface area contributed by atoms with E-state index in [4.69, 9.17) is 9.15 Å². The predicted molar refractivity (Wildman–Crippen MR) is 107 cm³/mol. The molecule has 0 amide bonds. The van der Waals surface area contributed by atoms with Gasteiger partial charge in [-0.2, -0.15) is 10.1 Å². The van der Waals surface area contributed by atoms with E-state index in [1.165, 1.54) is 0 Å². The van der Waals surface area contributed by atoms with Crippen LogP contribution in [0.4, 0.5) is 5.95 Å². The second kappa shape index (κ2) is 6.92. The maximum absolute atomic E-state index is 13.4. The largest absolute Gasteiger partial charge is 0.494 e. The Hall–Kier alpha value is -3.35. The third kappa shape index (κ3) is 2.93. The first kappa shape index (κ1) is 17.7. The number of carbonyl (C=O) groups excluding carboxylic acids is 1. The molecule has 0 radical (unpaired) electrons. The quantitative estimate of drug-likeness (QED) is 0.725. The van der Waals surface area contributed by atoms with E-state index >= 15 is 0 Å². The van der Waals surface area contributed by atoms with Crippen LogP contribution in [0.1, 0.15) is 48.9 Å². The third-order valence-corrected chi connectivity index (χ3v) is 5.48. The molecule has 3 aromatic rings. The van der Waals surface area contributed by atoms with Crippen molar-refractivity contribution in [2.24, 2.45) is 0 Å². The normalized spacial score (nSPS) is 20.8. The first-order valence-electron chi connectivity index (χ1n) is 9.87. The summed E-state index contributed by atoms with van der Waals surface area (Å²) in [6.45, 7) is 4.35. The standard InChI is InChI=1S/C22H22N4O3/c1-3-28-19-8-5-4-7-15(19)21-20-16(24-22-23-13(2)25-26(21)22)11-14(12-17(20)27)18-9-6-10-29-18/h4-10,14,21H,3,11-12H2,1-2H3,(H,23,24,25)/t14-,21+/m1/s1. The highest BCUT2D eigenvalue weighted by Gasteiger charge is 2.41. The van der Waals surface area contributed by atoms with E-state index in [-0.39, 0.29) is 17.7 Å². The lowest BCUT2D eigenvalue weighted by Crippen LogP contribution is -2.33. The molecule has 3 heterocycles. The summed E-state index contributed by atoms with van der Waals surface area (Å²) in [5.74, 6) is 3.00. The van der Waals surface area contributed by atoms with Crippen LogP contribution in [0.3, 0.4) is 0 Å². The number of nitrogens with zero attached hydrogens (tertiary/aromatic N) is 3. The zero-order valence-electron chi connectivity index (χ0n) is 16.4. The number of para-hydroxylation sites is 1. The fourth-order valence-corrected chi connectivity index (χ4v) is 4.32. The molecule has 1 aromatic carbocycles. The maximum Gasteiger partial charge on any atom is 0.226 e. The molecule has 2 atom stereocenters. The number of ether oxygens (including phenoxy) is 1. The summed E-state index contributed by atoms with van der Waals surface area (Å²) in [6.07, 6.45) is 2.75. The van der Waals surface area contributed by atoms with E-state index in [1.54, 1.807) is 10.9 Å². The molecular weight excluding hydrogens is 368 g/mol. The van der Waals surface area contributed by atoms with Gasteiger partial charge < -0.3 is 14.5 Å².